The number of benzene rings is 2. The average molecular weight is 480 g/mol. The third kappa shape index (κ3) is 5.82. The van der Waals surface area contributed by atoms with E-state index < -0.39 is 12.2 Å². The molecule has 0 fully saturated rings. The maximum absolute atomic E-state index is 13.0. The number of phenols is 1. The highest BCUT2D eigenvalue weighted by atomic mass is 16.7. The predicted octanol–water partition coefficient (Wildman–Crippen LogP) is 3.02. The van der Waals surface area contributed by atoms with Crippen LogP contribution in [0.4, 0.5) is 5.69 Å². The number of para-hydroxylation sites is 1. The maximum Gasteiger partial charge on any atom is 0.290 e. The van der Waals surface area contributed by atoms with Crippen molar-refractivity contribution in [3.63, 3.8) is 0 Å². The van der Waals surface area contributed by atoms with E-state index in [9.17, 15) is 14.7 Å². The Kier molecular flexibility index (Phi) is 7.69. The van der Waals surface area contributed by atoms with Gasteiger partial charge < -0.3 is 25.0 Å². The van der Waals surface area contributed by atoms with Crippen molar-refractivity contribution in [1.29, 1.82) is 0 Å². The van der Waals surface area contributed by atoms with Gasteiger partial charge in [-0.15, -0.1) is 0 Å². The van der Waals surface area contributed by atoms with Gasteiger partial charge in [-0.2, -0.15) is 0 Å². The lowest BCUT2D eigenvalue weighted by atomic mass is 9.97. The first-order valence-corrected chi connectivity index (χ1v) is 11.5. The molecule has 0 saturated carbocycles. The van der Waals surface area contributed by atoms with Gasteiger partial charge in [0.05, 0.1) is 12.3 Å². The molecule has 9 heteroatoms. The number of aliphatic hydroxyl groups is 1. The van der Waals surface area contributed by atoms with Crippen LogP contribution in [0.25, 0.3) is 5.69 Å². The van der Waals surface area contributed by atoms with Crippen molar-refractivity contribution in [3.8, 4) is 11.4 Å². The summed E-state index contributed by atoms with van der Waals surface area (Å²) in [6.07, 6.45) is 2.69. The van der Waals surface area contributed by atoms with Gasteiger partial charge in [0.2, 0.25) is 6.29 Å². The zero-order valence-electron chi connectivity index (χ0n) is 19.5. The fraction of sp³-hybridized carbons (Fsp3) is 0.308. The number of aromatic nitrogens is 2. The van der Waals surface area contributed by atoms with Gasteiger partial charge in [-0.05, 0) is 55.3 Å². The molecule has 0 spiro atoms. The summed E-state index contributed by atoms with van der Waals surface area (Å²) in [5, 5.41) is 21.3. The molecule has 35 heavy (non-hydrogen) atoms. The van der Waals surface area contributed by atoms with Gasteiger partial charge in [0.15, 0.2) is 5.76 Å². The molecule has 1 aliphatic rings. The number of phenolic OH excluding ortho intramolecular Hbond substituents is 1. The molecule has 3 N–H and O–H groups in total. The maximum atomic E-state index is 13.0. The number of nitrogens with one attached hydrogen (secondary N) is 1. The fourth-order valence-corrected chi connectivity index (χ4v) is 4.05. The Morgan fingerprint density at radius 1 is 1.14 bits per heavy atom. The number of aliphatic hydroxyl groups excluding tert-OH is 1. The number of nitrogens with zero attached hydrogens (tertiary/aromatic N) is 2. The molecule has 1 aliphatic heterocycles. The summed E-state index contributed by atoms with van der Waals surface area (Å²) < 4.78 is 15.1. The third-order valence-corrected chi connectivity index (χ3v) is 5.80. The summed E-state index contributed by atoms with van der Waals surface area (Å²) >= 11 is 0. The van der Waals surface area contributed by atoms with Crippen molar-refractivity contribution in [1.82, 2.24) is 9.36 Å². The normalized spacial score (nSPS) is 17.5. The molecule has 0 bridgehead atoms. The first-order chi connectivity index (χ1) is 17.0. The van der Waals surface area contributed by atoms with Gasteiger partial charge in [-0.3, -0.25) is 14.3 Å². The minimum atomic E-state index is -0.695. The molecule has 0 saturated heterocycles. The number of carbonyl (C=O) groups excluding carboxylic acids is 1. The average Bonchev–Trinajstić information content (AvgIpc) is 3.17. The first-order valence-electron chi connectivity index (χ1n) is 11.5. The number of rotatable bonds is 9. The summed E-state index contributed by atoms with van der Waals surface area (Å²) in [6, 6.07) is 17.0. The second-order valence-electron chi connectivity index (χ2n) is 8.30. The van der Waals surface area contributed by atoms with Crippen LogP contribution in [-0.4, -0.2) is 45.0 Å². The number of allylic oxidation sites excluding steroid dienone is 1. The van der Waals surface area contributed by atoms with Crippen molar-refractivity contribution in [3.05, 3.63) is 88.5 Å². The van der Waals surface area contributed by atoms with Crippen molar-refractivity contribution in [2.45, 2.75) is 31.5 Å². The van der Waals surface area contributed by atoms with Gasteiger partial charge >= 0.3 is 0 Å². The highest BCUT2D eigenvalue weighted by molar-refractivity contribution is 6.02. The molecular weight excluding hydrogens is 450 g/mol. The van der Waals surface area contributed by atoms with Crippen LogP contribution in [0.1, 0.15) is 30.9 Å². The molecule has 9 nitrogen and oxygen atoms in total. The number of aromatic hydroxyl groups is 1. The lowest BCUT2D eigenvalue weighted by Crippen LogP contribution is -2.30. The van der Waals surface area contributed by atoms with Crippen molar-refractivity contribution < 1.29 is 24.5 Å². The van der Waals surface area contributed by atoms with Crippen molar-refractivity contribution >= 4 is 11.6 Å². The smallest absolute Gasteiger partial charge is 0.290 e. The Bertz CT molecular complexity index is 1230. The fourth-order valence-electron chi connectivity index (χ4n) is 4.05. The minimum absolute atomic E-state index is 0.0762. The van der Waals surface area contributed by atoms with E-state index in [0.717, 1.165) is 11.4 Å². The zero-order valence-corrected chi connectivity index (χ0v) is 19.5. The Morgan fingerprint density at radius 2 is 1.89 bits per heavy atom. The topological polar surface area (TPSA) is 115 Å². The number of ether oxygens (including phenoxy) is 2. The number of hydrogen-bond donors (Lipinski definition) is 3. The second kappa shape index (κ2) is 11.1. The molecule has 0 radical (unpaired) electrons. The molecule has 4 rings (SSSR count). The molecule has 2 atom stereocenters. The van der Waals surface area contributed by atoms with E-state index >= 15 is 0 Å². The van der Waals surface area contributed by atoms with E-state index in [2.05, 4.69) is 5.32 Å². The highest BCUT2D eigenvalue weighted by Crippen LogP contribution is 2.32. The quantitative estimate of drug-likeness (QED) is 0.321. The van der Waals surface area contributed by atoms with Gasteiger partial charge in [0.25, 0.3) is 11.5 Å². The van der Waals surface area contributed by atoms with Crippen LogP contribution in [0.2, 0.25) is 0 Å². The number of unbranched alkanes of at least 4 members (excludes halogenated alkanes) is 1. The lowest BCUT2D eigenvalue weighted by Gasteiger charge is -2.29. The SMILES string of the molecule is Cn1c([C@H]2C=C(C(=O)Nc3ccc(O)cc3)O[C@@H](OCCCCO)C2)cc(=O)n1-c1ccccc1. The van der Waals surface area contributed by atoms with Crippen LogP contribution in [0.5, 0.6) is 5.75 Å². The first kappa shape index (κ1) is 24.3. The Hall–Kier alpha value is -3.82. The monoisotopic (exact) mass is 479 g/mol. The molecule has 1 aromatic heterocycles. The molecule has 3 aromatic rings. The number of amides is 1. The molecule has 1 amide bonds. The summed E-state index contributed by atoms with van der Waals surface area (Å²) in [6.45, 7) is 0.446. The van der Waals surface area contributed by atoms with Crippen LogP contribution in [0.3, 0.4) is 0 Å². The highest BCUT2D eigenvalue weighted by Gasteiger charge is 2.31. The number of carbonyl (C=O) groups is 1. The van der Waals surface area contributed by atoms with Crippen LogP contribution in [0, 0.1) is 0 Å². The van der Waals surface area contributed by atoms with Crippen LogP contribution in [0.15, 0.2) is 77.3 Å². The number of anilines is 1. The van der Waals surface area contributed by atoms with Gasteiger partial charge in [-0.25, -0.2) is 4.68 Å². The van der Waals surface area contributed by atoms with E-state index in [1.54, 1.807) is 40.7 Å². The summed E-state index contributed by atoms with van der Waals surface area (Å²) in [5.41, 5.74) is 1.79. The molecule has 0 unspecified atom stereocenters. The van der Waals surface area contributed by atoms with E-state index in [0.29, 0.717) is 31.6 Å². The second-order valence-corrected chi connectivity index (χ2v) is 8.30. The predicted molar refractivity (Wildman–Crippen MR) is 130 cm³/mol. The summed E-state index contributed by atoms with van der Waals surface area (Å²) in [7, 11) is 1.81. The van der Waals surface area contributed by atoms with Crippen molar-refractivity contribution in [2.75, 3.05) is 18.5 Å². The number of hydrogen-bond acceptors (Lipinski definition) is 6. The largest absolute Gasteiger partial charge is 0.508 e. The third-order valence-electron chi connectivity index (χ3n) is 5.80. The lowest BCUT2D eigenvalue weighted by molar-refractivity contribution is -0.143. The zero-order chi connectivity index (χ0) is 24.8. The summed E-state index contributed by atoms with van der Waals surface area (Å²) in [5.74, 6) is -0.593. The molecular formula is C26H29N3O6. The molecule has 2 heterocycles. The molecule has 0 aliphatic carbocycles. The van der Waals surface area contributed by atoms with E-state index in [1.807, 2.05) is 30.3 Å². The van der Waals surface area contributed by atoms with E-state index in [-0.39, 0.29) is 29.6 Å². The van der Waals surface area contributed by atoms with Gasteiger partial charge in [0.1, 0.15) is 5.75 Å². The minimum Gasteiger partial charge on any atom is -0.508 e. The standard InChI is InChI=1S/C26H29N3O6/c1-28-22(17-24(32)29(28)20-7-3-2-4-8-20)18-15-23(35-25(16-18)34-14-6-5-13-30)26(33)27-19-9-11-21(31)12-10-19/h2-4,7-12,15,17-18,25,30-31H,5-6,13-14,16H2,1H3,(H,27,33)/t18-,25+/m0/s1. The Morgan fingerprint density at radius 3 is 2.60 bits per heavy atom. The van der Waals surface area contributed by atoms with Crippen molar-refractivity contribution in [2.24, 2.45) is 7.05 Å². The van der Waals surface area contributed by atoms with E-state index in [1.165, 1.54) is 12.1 Å². The molecule has 2 aromatic carbocycles. The van der Waals surface area contributed by atoms with Crippen LogP contribution in [-0.2, 0) is 21.3 Å². The van der Waals surface area contributed by atoms with Crippen LogP contribution >= 0.6 is 0 Å². The summed E-state index contributed by atoms with van der Waals surface area (Å²) in [4.78, 5) is 25.8. The van der Waals surface area contributed by atoms with Gasteiger partial charge in [-0.1, -0.05) is 18.2 Å². The molecule has 184 valence electrons. The van der Waals surface area contributed by atoms with Gasteiger partial charge in [0, 0.05) is 43.4 Å². The Balaban J connectivity index is 1.62. The van der Waals surface area contributed by atoms with E-state index in [4.69, 9.17) is 14.6 Å². The Labute approximate surface area is 202 Å². The van der Waals surface area contributed by atoms with Crippen LogP contribution < -0.4 is 10.9 Å².